The van der Waals surface area contributed by atoms with E-state index in [0.717, 1.165) is 35.6 Å². The summed E-state index contributed by atoms with van der Waals surface area (Å²) in [4.78, 5) is 0. The molecule has 0 aliphatic carbocycles. The summed E-state index contributed by atoms with van der Waals surface area (Å²) in [7, 11) is 0. The fraction of sp³-hybridized carbons (Fsp3) is 0.250. The van der Waals surface area contributed by atoms with Crippen LogP contribution in [0.25, 0.3) is 0 Å². The SMILES string of the molecule is NCC1Cc2cccc(Nc3ccc(C(F)(F)F)cc3)c2O1. The fourth-order valence-electron chi connectivity index (χ4n) is 2.47. The van der Waals surface area contributed by atoms with Gasteiger partial charge in [-0.05, 0) is 30.3 Å². The maximum Gasteiger partial charge on any atom is 0.416 e. The quantitative estimate of drug-likeness (QED) is 0.908. The molecule has 0 radical (unpaired) electrons. The Kier molecular flexibility index (Phi) is 3.70. The average Bonchev–Trinajstić information content (AvgIpc) is 2.91. The Morgan fingerprint density at radius 1 is 1.14 bits per heavy atom. The molecule has 3 nitrogen and oxygen atoms in total. The van der Waals surface area contributed by atoms with Crippen LogP contribution in [0.15, 0.2) is 42.5 Å². The highest BCUT2D eigenvalue weighted by Crippen LogP contribution is 2.38. The molecule has 3 N–H and O–H groups in total. The van der Waals surface area contributed by atoms with Gasteiger partial charge in [0.1, 0.15) is 11.9 Å². The van der Waals surface area contributed by atoms with Crippen LogP contribution < -0.4 is 15.8 Å². The summed E-state index contributed by atoms with van der Waals surface area (Å²) < 4.78 is 43.4. The van der Waals surface area contributed by atoms with Gasteiger partial charge in [0, 0.05) is 24.2 Å². The minimum atomic E-state index is -4.33. The van der Waals surface area contributed by atoms with Crippen LogP contribution in [0.1, 0.15) is 11.1 Å². The van der Waals surface area contributed by atoms with Crippen LogP contribution in [0, 0.1) is 0 Å². The van der Waals surface area contributed by atoms with Gasteiger partial charge in [0.05, 0.1) is 11.3 Å². The van der Waals surface area contributed by atoms with Crippen molar-refractivity contribution in [2.24, 2.45) is 5.73 Å². The maximum absolute atomic E-state index is 12.6. The van der Waals surface area contributed by atoms with Crippen LogP contribution in [-0.2, 0) is 12.6 Å². The van der Waals surface area contributed by atoms with Crippen molar-refractivity contribution in [2.45, 2.75) is 18.7 Å². The molecule has 2 aromatic rings. The monoisotopic (exact) mass is 308 g/mol. The number of anilines is 2. The number of rotatable bonds is 3. The molecule has 0 bridgehead atoms. The molecule has 1 aliphatic heterocycles. The van der Waals surface area contributed by atoms with Gasteiger partial charge in [-0.2, -0.15) is 13.2 Å². The highest BCUT2D eigenvalue weighted by Gasteiger charge is 2.30. The Balaban J connectivity index is 1.82. The zero-order valence-electron chi connectivity index (χ0n) is 11.7. The summed E-state index contributed by atoms with van der Waals surface area (Å²) in [6.45, 7) is 0.425. The molecule has 0 spiro atoms. The molecule has 0 fully saturated rings. The first-order chi connectivity index (χ1) is 10.5. The van der Waals surface area contributed by atoms with Crippen LogP contribution in [-0.4, -0.2) is 12.6 Å². The van der Waals surface area contributed by atoms with E-state index in [1.54, 1.807) is 0 Å². The van der Waals surface area contributed by atoms with Crippen LogP contribution in [0.3, 0.4) is 0 Å². The lowest BCUT2D eigenvalue weighted by atomic mass is 10.1. The fourth-order valence-corrected chi connectivity index (χ4v) is 2.47. The molecule has 1 atom stereocenters. The number of nitrogens with two attached hydrogens (primary N) is 1. The van der Waals surface area contributed by atoms with E-state index < -0.39 is 11.7 Å². The lowest BCUT2D eigenvalue weighted by molar-refractivity contribution is -0.137. The molecule has 3 rings (SSSR count). The van der Waals surface area contributed by atoms with Gasteiger partial charge in [-0.1, -0.05) is 12.1 Å². The number of nitrogens with one attached hydrogen (secondary N) is 1. The number of alkyl halides is 3. The molecule has 0 aromatic heterocycles. The molecule has 0 amide bonds. The lowest BCUT2D eigenvalue weighted by Crippen LogP contribution is -2.24. The molecule has 116 valence electrons. The first kappa shape index (κ1) is 14.7. The third-order valence-electron chi connectivity index (χ3n) is 3.58. The van der Waals surface area contributed by atoms with Crippen LogP contribution >= 0.6 is 0 Å². The smallest absolute Gasteiger partial charge is 0.416 e. The van der Waals surface area contributed by atoms with Crippen molar-refractivity contribution in [3.8, 4) is 5.75 Å². The van der Waals surface area contributed by atoms with E-state index in [0.29, 0.717) is 12.2 Å². The second-order valence-corrected chi connectivity index (χ2v) is 5.17. The standard InChI is InChI=1S/C16H15F3N2O/c17-16(18,19)11-4-6-12(7-5-11)21-14-3-1-2-10-8-13(9-20)22-15(10)14/h1-7,13,21H,8-9,20H2. The summed E-state index contributed by atoms with van der Waals surface area (Å²) in [5.74, 6) is 0.720. The number of hydrogen-bond acceptors (Lipinski definition) is 3. The lowest BCUT2D eigenvalue weighted by Gasteiger charge is -2.13. The summed E-state index contributed by atoms with van der Waals surface area (Å²) in [5.41, 5.74) is 7.30. The molecular formula is C16H15F3N2O. The van der Waals surface area contributed by atoms with Crippen molar-refractivity contribution in [3.05, 3.63) is 53.6 Å². The summed E-state index contributed by atoms with van der Waals surface area (Å²) in [6.07, 6.45) is -3.64. The van der Waals surface area contributed by atoms with Crippen molar-refractivity contribution < 1.29 is 17.9 Å². The molecule has 0 saturated carbocycles. The van der Waals surface area contributed by atoms with Gasteiger partial charge in [0.25, 0.3) is 0 Å². The molecule has 1 unspecified atom stereocenters. The van der Waals surface area contributed by atoms with Gasteiger partial charge in [0.15, 0.2) is 0 Å². The van der Waals surface area contributed by atoms with Gasteiger partial charge >= 0.3 is 6.18 Å². The Hall–Kier alpha value is -2.21. The predicted molar refractivity (Wildman–Crippen MR) is 78.3 cm³/mol. The number of fused-ring (bicyclic) bond motifs is 1. The van der Waals surface area contributed by atoms with E-state index in [-0.39, 0.29) is 6.10 Å². The minimum absolute atomic E-state index is 0.0504. The Labute approximate surface area is 125 Å². The normalized spacial score (nSPS) is 17.0. The van der Waals surface area contributed by atoms with E-state index in [9.17, 15) is 13.2 Å². The van der Waals surface area contributed by atoms with E-state index in [1.165, 1.54) is 12.1 Å². The zero-order valence-corrected chi connectivity index (χ0v) is 11.7. The second-order valence-electron chi connectivity index (χ2n) is 5.17. The number of hydrogen-bond donors (Lipinski definition) is 2. The number of para-hydroxylation sites is 1. The van der Waals surface area contributed by atoms with Crippen molar-refractivity contribution in [1.82, 2.24) is 0 Å². The topological polar surface area (TPSA) is 47.3 Å². The minimum Gasteiger partial charge on any atom is -0.486 e. The highest BCUT2D eigenvalue weighted by atomic mass is 19.4. The number of ether oxygens (including phenoxy) is 1. The molecule has 6 heteroatoms. The van der Waals surface area contributed by atoms with Crippen LogP contribution in [0.5, 0.6) is 5.75 Å². The van der Waals surface area contributed by atoms with Gasteiger partial charge in [-0.3, -0.25) is 0 Å². The first-order valence-electron chi connectivity index (χ1n) is 6.90. The number of benzene rings is 2. The van der Waals surface area contributed by atoms with Crippen molar-refractivity contribution in [1.29, 1.82) is 0 Å². The molecule has 22 heavy (non-hydrogen) atoms. The van der Waals surface area contributed by atoms with Crippen LogP contribution in [0.2, 0.25) is 0 Å². The molecule has 0 saturated heterocycles. The molecular weight excluding hydrogens is 293 g/mol. The Bertz CT molecular complexity index is 668. The molecule has 2 aromatic carbocycles. The summed E-state index contributed by atoms with van der Waals surface area (Å²) in [6, 6.07) is 10.6. The molecule has 1 heterocycles. The van der Waals surface area contributed by atoms with E-state index in [4.69, 9.17) is 10.5 Å². The van der Waals surface area contributed by atoms with Crippen molar-refractivity contribution in [3.63, 3.8) is 0 Å². The Morgan fingerprint density at radius 3 is 2.50 bits per heavy atom. The average molecular weight is 308 g/mol. The van der Waals surface area contributed by atoms with Gasteiger partial charge in [-0.15, -0.1) is 0 Å². The van der Waals surface area contributed by atoms with Crippen molar-refractivity contribution in [2.75, 3.05) is 11.9 Å². The third kappa shape index (κ3) is 2.87. The maximum atomic E-state index is 12.6. The Morgan fingerprint density at radius 2 is 1.86 bits per heavy atom. The molecule has 1 aliphatic rings. The van der Waals surface area contributed by atoms with E-state index in [1.807, 2.05) is 18.2 Å². The third-order valence-corrected chi connectivity index (χ3v) is 3.58. The summed E-state index contributed by atoms with van der Waals surface area (Å²) >= 11 is 0. The van der Waals surface area contributed by atoms with Crippen LogP contribution in [0.4, 0.5) is 24.5 Å². The predicted octanol–water partition coefficient (Wildman–Crippen LogP) is 3.71. The largest absolute Gasteiger partial charge is 0.486 e. The van der Waals surface area contributed by atoms with Gasteiger partial charge < -0.3 is 15.8 Å². The van der Waals surface area contributed by atoms with Gasteiger partial charge in [0.2, 0.25) is 0 Å². The van der Waals surface area contributed by atoms with Crippen molar-refractivity contribution >= 4 is 11.4 Å². The van der Waals surface area contributed by atoms with E-state index in [2.05, 4.69) is 5.32 Å². The summed E-state index contributed by atoms with van der Waals surface area (Å²) in [5, 5.41) is 3.09. The second kappa shape index (κ2) is 5.53. The number of halogens is 3. The van der Waals surface area contributed by atoms with E-state index >= 15 is 0 Å². The highest BCUT2D eigenvalue weighted by molar-refractivity contribution is 5.69. The zero-order chi connectivity index (χ0) is 15.7. The van der Waals surface area contributed by atoms with Gasteiger partial charge in [-0.25, -0.2) is 0 Å². The first-order valence-corrected chi connectivity index (χ1v) is 6.90.